The number of hydrogen-bond acceptors (Lipinski definition) is 2. The van der Waals surface area contributed by atoms with Gasteiger partial charge in [0.2, 0.25) is 5.24 Å². The second kappa shape index (κ2) is 6.76. The van der Waals surface area contributed by atoms with E-state index in [1.165, 1.54) is 6.08 Å². The Labute approximate surface area is 117 Å². The maximum absolute atomic E-state index is 10.7. The summed E-state index contributed by atoms with van der Waals surface area (Å²) in [5.74, 6) is 0.757. The smallest absolute Gasteiger partial charge is 0.245 e. The van der Waals surface area contributed by atoms with E-state index in [0.29, 0.717) is 6.61 Å². The number of hydrogen-bond donors (Lipinski definition) is 0. The van der Waals surface area contributed by atoms with Crippen LogP contribution in [-0.2, 0) is 11.4 Å². The van der Waals surface area contributed by atoms with E-state index in [4.69, 9.17) is 16.3 Å². The zero-order valence-electron chi connectivity index (χ0n) is 10.3. The quantitative estimate of drug-likeness (QED) is 0.606. The molecule has 96 valence electrons. The van der Waals surface area contributed by atoms with Gasteiger partial charge in [-0.05, 0) is 40.9 Å². The summed E-state index contributed by atoms with van der Waals surface area (Å²) in [6.45, 7) is 0.516. The molecule has 0 atom stereocenters. The van der Waals surface area contributed by atoms with Gasteiger partial charge in [0.05, 0.1) is 0 Å². The van der Waals surface area contributed by atoms with Gasteiger partial charge in [-0.15, -0.1) is 0 Å². The molecule has 2 aromatic carbocycles. The first-order valence-electron chi connectivity index (χ1n) is 5.88. The summed E-state index contributed by atoms with van der Waals surface area (Å²) in [5.41, 5.74) is 1.99. The average Bonchev–Trinajstić information content (AvgIpc) is 2.44. The Balaban J connectivity index is 2.01. The van der Waals surface area contributed by atoms with E-state index >= 15 is 0 Å². The molecule has 3 heteroatoms. The first-order chi connectivity index (χ1) is 9.24. The van der Waals surface area contributed by atoms with E-state index in [0.717, 1.165) is 16.9 Å². The number of ether oxygens (including phenoxy) is 1. The highest BCUT2D eigenvalue weighted by Gasteiger charge is 1.97. The number of carbonyl (C=O) groups is 1. The van der Waals surface area contributed by atoms with Crippen molar-refractivity contribution in [3.63, 3.8) is 0 Å². The van der Waals surface area contributed by atoms with Crippen LogP contribution in [0.4, 0.5) is 0 Å². The third-order valence-electron chi connectivity index (χ3n) is 2.51. The Kier molecular flexibility index (Phi) is 4.76. The number of halogens is 1. The fraction of sp³-hybridized carbons (Fsp3) is 0.0625. The maximum atomic E-state index is 10.7. The second-order valence-electron chi connectivity index (χ2n) is 3.98. The Morgan fingerprint density at radius 1 is 1.11 bits per heavy atom. The Bertz CT molecular complexity index is 576. The summed E-state index contributed by atoms with van der Waals surface area (Å²) in [4.78, 5) is 10.7. The van der Waals surface area contributed by atoms with Crippen LogP contribution in [0.25, 0.3) is 6.08 Å². The minimum atomic E-state index is -0.490. The normalized spacial score (nSPS) is 10.6. The Hall–Kier alpha value is -2.06. The summed E-state index contributed by atoms with van der Waals surface area (Å²) in [6, 6.07) is 17.4. The van der Waals surface area contributed by atoms with Gasteiger partial charge in [0, 0.05) is 0 Å². The van der Waals surface area contributed by atoms with Gasteiger partial charge in [-0.3, -0.25) is 4.79 Å². The van der Waals surface area contributed by atoms with Crippen LogP contribution in [0.3, 0.4) is 0 Å². The van der Waals surface area contributed by atoms with E-state index in [2.05, 4.69) is 0 Å². The summed E-state index contributed by atoms with van der Waals surface area (Å²) >= 11 is 5.25. The van der Waals surface area contributed by atoms with Crippen molar-refractivity contribution in [2.24, 2.45) is 0 Å². The lowest BCUT2D eigenvalue weighted by molar-refractivity contribution is -0.107. The molecule has 0 aliphatic carbocycles. The molecule has 0 aliphatic rings. The molecule has 2 aromatic rings. The number of rotatable bonds is 5. The van der Waals surface area contributed by atoms with Crippen LogP contribution in [0, 0.1) is 0 Å². The monoisotopic (exact) mass is 272 g/mol. The van der Waals surface area contributed by atoms with Crippen molar-refractivity contribution in [2.75, 3.05) is 0 Å². The van der Waals surface area contributed by atoms with Crippen molar-refractivity contribution in [1.29, 1.82) is 0 Å². The van der Waals surface area contributed by atoms with Crippen LogP contribution < -0.4 is 4.74 Å². The summed E-state index contributed by atoms with van der Waals surface area (Å²) in [6.07, 6.45) is 2.97. The number of allylic oxidation sites excluding steroid dienone is 1. The predicted octanol–water partition coefficient (Wildman–Crippen LogP) is 4.04. The largest absolute Gasteiger partial charge is 0.489 e. The highest BCUT2D eigenvalue weighted by Crippen LogP contribution is 2.16. The minimum Gasteiger partial charge on any atom is -0.489 e. The lowest BCUT2D eigenvalue weighted by Crippen LogP contribution is -1.94. The van der Waals surface area contributed by atoms with Crippen molar-refractivity contribution in [1.82, 2.24) is 0 Å². The first-order valence-corrected chi connectivity index (χ1v) is 6.26. The molecule has 19 heavy (non-hydrogen) atoms. The molecule has 0 aliphatic heterocycles. The Morgan fingerprint density at radius 3 is 2.63 bits per heavy atom. The van der Waals surface area contributed by atoms with E-state index in [9.17, 15) is 4.79 Å². The molecule has 0 unspecified atom stereocenters. The molecule has 0 amide bonds. The van der Waals surface area contributed by atoms with Crippen LogP contribution in [0.5, 0.6) is 5.75 Å². The molecule has 0 heterocycles. The summed E-state index contributed by atoms with van der Waals surface area (Å²) in [7, 11) is 0. The fourth-order valence-electron chi connectivity index (χ4n) is 1.61. The molecule has 2 rings (SSSR count). The standard InChI is InChI=1S/C16H13ClO2/c17-16(18)10-9-13-7-4-8-15(11-13)19-12-14-5-2-1-3-6-14/h1-11H,12H2/b10-9+. The number of benzene rings is 2. The zero-order valence-corrected chi connectivity index (χ0v) is 11.0. The van der Waals surface area contributed by atoms with Gasteiger partial charge < -0.3 is 4.74 Å². The number of carbonyl (C=O) groups excluding carboxylic acids is 1. The van der Waals surface area contributed by atoms with Crippen molar-refractivity contribution >= 4 is 22.9 Å². The highest BCUT2D eigenvalue weighted by molar-refractivity contribution is 6.66. The third-order valence-corrected chi connectivity index (χ3v) is 2.64. The van der Waals surface area contributed by atoms with E-state index in [1.807, 2.05) is 54.6 Å². The highest BCUT2D eigenvalue weighted by atomic mass is 35.5. The van der Waals surface area contributed by atoms with Gasteiger partial charge in [0.15, 0.2) is 0 Å². The molecular formula is C16H13ClO2. The molecule has 0 aromatic heterocycles. The van der Waals surface area contributed by atoms with E-state index in [-0.39, 0.29) is 0 Å². The molecule has 2 nitrogen and oxygen atoms in total. The second-order valence-corrected chi connectivity index (χ2v) is 4.36. The van der Waals surface area contributed by atoms with E-state index in [1.54, 1.807) is 6.08 Å². The lowest BCUT2D eigenvalue weighted by atomic mass is 10.2. The maximum Gasteiger partial charge on any atom is 0.245 e. The predicted molar refractivity (Wildman–Crippen MR) is 77.1 cm³/mol. The van der Waals surface area contributed by atoms with Crippen molar-refractivity contribution in [3.05, 3.63) is 71.8 Å². The van der Waals surface area contributed by atoms with Crippen LogP contribution >= 0.6 is 11.6 Å². The van der Waals surface area contributed by atoms with E-state index < -0.39 is 5.24 Å². The zero-order chi connectivity index (χ0) is 13.5. The van der Waals surface area contributed by atoms with Gasteiger partial charge in [0.25, 0.3) is 0 Å². The van der Waals surface area contributed by atoms with Crippen LogP contribution in [-0.4, -0.2) is 5.24 Å². The van der Waals surface area contributed by atoms with Crippen molar-refractivity contribution in [2.45, 2.75) is 6.61 Å². The van der Waals surface area contributed by atoms with Gasteiger partial charge >= 0.3 is 0 Å². The van der Waals surface area contributed by atoms with Gasteiger partial charge in [0.1, 0.15) is 12.4 Å². The fourth-order valence-corrected chi connectivity index (χ4v) is 1.67. The third kappa shape index (κ3) is 4.60. The molecule has 0 radical (unpaired) electrons. The Morgan fingerprint density at radius 2 is 1.89 bits per heavy atom. The SMILES string of the molecule is O=C(Cl)/C=C/c1cccc(OCc2ccccc2)c1. The van der Waals surface area contributed by atoms with Gasteiger partial charge in [-0.2, -0.15) is 0 Å². The van der Waals surface area contributed by atoms with Crippen molar-refractivity contribution in [3.8, 4) is 5.75 Å². The molecule has 0 saturated carbocycles. The van der Waals surface area contributed by atoms with Crippen LogP contribution in [0.15, 0.2) is 60.7 Å². The minimum absolute atomic E-state index is 0.490. The molecule has 0 bridgehead atoms. The molecule has 0 N–H and O–H groups in total. The molecule has 0 fully saturated rings. The molecule has 0 saturated heterocycles. The summed E-state index contributed by atoms with van der Waals surface area (Å²) in [5, 5.41) is -0.490. The van der Waals surface area contributed by atoms with Crippen LogP contribution in [0.2, 0.25) is 0 Å². The van der Waals surface area contributed by atoms with Gasteiger partial charge in [-0.25, -0.2) is 0 Å². The van der Waals surface area contributed by atoms with Crippen molar-refractivity contribution < 1.29 is 9.53 Å². The lowest BCUT2D eigenvalue weighted by Gasteiger charge is -2.06. The summed E-state index contributed by atoms with van der Waals surface area (Å²) < 4.78 is 5.69. The average molecular weight is 273 g/mol. The first kappa shape index (κ1) is 13.4. The molecular weight excluding hydrogens is 260 g/mol. The van der Waals surface area contributed by atoms with Gasteiger partial charge in [-0.1, -0.05) is 48.5 Å². The molecule has 0 spiro atoms. The van der Waals surface area contributed by atoms with Crippen LogP contribution in [0.1, 0.15) is 11.1 Å². The topological polar surface area (TPSA) is 26.3 Å².